The van der Waals surface area contributed by atoms with Gasteiger partial charge in [-0.3, -0.25) is 9.78 Å². The minimum absolute atomic E-state index is 0.184. The molecule has 3 rings (SSSR count). The smallest absolute Gasteiger partial charge is 0.252 e. The highest BCUT2D eigenvalue weighted by atomic mass is 16.7. The molecule has 6 heteroatoms. The molecule has 114 valence electrons. The highest BCUT2D eigenvalue weighted by molar-refractivity contribution is 5.93. The van der Waals surface area contributed by atoms with Gasteiger partial charge < -0.3 is 19.9 Å². The Balaban J connectivity index is 1.73. The van der Waals surface area contributed by atoms with Crippen LogP contribution in [0.2, 0.25) is 0 Å². The Kier molecular flexibility index (Phi) is 3.69. The maximum absolute atomic E-state index is 11.5. The van der Waals surface area contributed by atoms with E-state index in [0.29, 0.717) is 50.2 Å². The van der Waals surface area contributed by atoms with Crippen LogP contribution < -0.4 is 5.32 Å². The number of nitrogens with zero attached hydrogens (tertiary/aromatic N) is 1. The summed E-state index contributed by atoms with van der Waals surface area (Å²) in [6, 6.07) is 3.41. The molecule has 1 saturated heterocycles. The van der Waals surface area contributed by atoms with Crippen molar-refractivity contribution in [2.45, 2.75) is 37.1 Å². The van der Waals surface area contributed by atoms with E-state index in [9.17, 15) is 9.90 Å². The Bertz CT molecular complexity index is 513. The van der Waals surface area contributed by atoms with Crippen molar-refractivity contribution in [2.75, 3.05) is 20.3 Å². The van der Waals surface area contributed by atoms with Gasteiger partial charge in [-0.25, -0.2) is 0 Å². The second-order valence-corrected chi connectivity index (χ2v) is 5.65. The Morgan fingerprint density at radius 3 is 2.43 bits per heavy atom. The van der Waals surface area contributed by atoms with Crippen molar-refractivity contribution < 1.29 is 19.4 Å². The summed E-state index contributed by atoms with van der Waals surface area (Å²) in [6.07, 6.45) is 3.89. The Hall–Kier alpha value is -1.50. The minimum atomic E-state index is -0.970. The van der Waals surface area contributed by atoms with Gasteiger partial charge in [-0.05, 0) is 25.0 Å². The highest BCUT2D eigenvalue weighted by Gasteiger charge is 2.46. The Labute approximate surface area is 123 Å². The standard InChI is InChI=1S/C15H20N2O4/c1-16-13(18)11-2-3-12(17-10-11)14(19)4-6-15(7-5-14)20-8-9-21-15/h2-3,10,19H,4-9H2,1H3,(H,16,18). The van der Waals surface area contributed by atoms with Crippen LogP contribution in [0.5, 0.6) is 0 Å². The highest BCUT2D eigenvalue weighted by Crippen LogP contribution is 2.44. The zero-order chi connectivity index (χ0) is 14.9. The molecule has 1 aliphatic heterocycles. The molecule has 0 atom stereocenters. The number of carbonyl (C=O) groups is 1. The number of nitrogens with one attached hydrogen (secondary N) is 1. The van der Waals surface area contributed by atoms with Gasteiger partial charge in [-0.2, -0.15) is 0 Å². The lowest BCUT2D eigenvalue weighted by molar-refractivity contribution is -0.204. The fourth-order valence-corrected chi connectivity index (χ4v) is 3.03. The molecule has 6 nitrogen and oxygen atoms in total. The van der Waals surface area contributed by atoms with Gasteiger partial charge in [0, 0.05) is 26.1 Å². The van der Waals surface area contributed by atoms with Crippen LogP contribution in [0.3, 0.4) is 0 Å². The lowest BCUT2D eigenvalue weighted by Gasteiger charge is -2.40. The SMILES string of the molecule is CNC(=O)c1ccc(C2(O)CCC3(CC2)OCCO3)nc1. The summed E-state index contributed by atoms with van der Waals surface area (Å²) in [7, 11) is 1.58. The van der Waals surface area contributed by atoms with E-state index in [1.54, 1.807) is 19.2 Å². The van der Waals surface area contributed by atoms with Gasteiger partial charge in [-0.1, -0.05) is 0 Å². The first-order chi connectivity index (χ1) is 10.1. The number of pyridine rings is 1. The Morgan fingerprint density at radius 1 is 1.24 bits per heavy atom. The summed E-state index contributed by atoms with van der Waals surface area (Å²) in [5.74, 6) is -0.690. The summed E-state index contributed by atoms with van der Waals surface area (Å²) in [5, 5.41) is 13.3. The topological polar surface area (TPSA) is 80.7 Å². The summed E-state index contributed by atoms with van der Waals surface area (Å²) in [5.41, 5.74) is 0.115. The number of aromatic nitrogens is 1. The van der Waals surface area contributed by atoms with Gasteiger partial charge in [0.1, 0.15) is 5.60 Å². The van der Waals surface area contributed by atoms with Crippen LogP contribution in [0.15, 0.2) is 18.3 Å². The monoisotopic (exact) mass is 292 g/mol. The van der Waals surface area contributed by atoms with Crippen LogP contribution >= 0.6 is 0 Å². The summed E-state index contributed by atoms with van der Waals surface area (Å²) in [4.78, 5) is 15.8. The minimum Gasteiger partial charge on any atom is -0.384 e. The van der Waals surface area contributed by atoms with Crippen molar-refractivity contribution in [3.05, 3.63) is 29.6 Å². The van der Waals surface area contributed by atoms with Crippen molar-refractivity contribution in [1.29, 1.82) is 0 Å². The normalized spacial score (nSPS) is 23.1. The lowest BCUT2D eigenvalue weighted by atomic mass is 9.79. The summed E-state index contributed by atoms with van der Waals surface area (Å²) >= 11 is 0. The van der Waals surface area contributed by atoms with E-state index < -0.39 is 11.4 Å². The predicted molar refractivity (Wildman–Crippen MR) is 74.6 cm³/mol. The molecule has 0 radical (unpaired) electrons. The first-order valence-electron chi connectivity index (χ1n) is 7.26. The van der Waals surface area contributed by atoms with Crippen molar-refractivity contribution in [3.8, 4) is 0 Å². The molecule has 1 amide bonds. The number of amides is 1. The number of carbonyl (C=O) groups excluding carboxylic acids is 1. The van der Waals surface area contributed by atoms with Crippen LogP contribution in [0.25, 0.3) is 0 Å². The third kappa shape index (κ3) is 2.66. The van der Waals surface area contributed by atoms with Gasteiger partial charge in [0.25, 0.3) is 5.91 Å². The molecule has 2 N–H and O–H groups in total. The molecular formula is C15H20N2O4. The zero-order valence-electron chi connectivity index (χ0n) is 12.1. The van der Waals surface area contributed by atoms with Crippen LogP contribution in [-0.4, -0.2) is 42.0 Å². The van der Waals surface area contributed by atoms with Gasteiger partial charge >= 0.3 is 0 Å². The predicted octanol–water partition coefficient (Wildman–Crippen LogP) is 0.946. The summed E-state index contributed by atoms with van der Waals surface area (Å²) in [6.45, 7) is 1.25. The number of hydrogen-bond donors (Lipinski definition) is 2. The Morgan fingerprint density at radius 2 is 1.90 bits per heavy atom. The van der Waals surface area contributed by atoms with E-state index in [0.717, 1.165) is 0 Å². The second kappa shape index (κ2) is 5.36. The van der Waals surface area contributed by atoms with Crippen LogP contribution in [0.1, 0.15) is 41.7 Å². The molecule has 1 aliphatic carbocycles. The number of hydrogen-bond acceptors (Lipinski definition) is 5. The molecule has 0 aromatic carbocycles. The second-order valence-electron chi connectivity index (χ2n) is 5.65. The quantitative estimate of drug-likeness (QED) is 0.848. The van der Waals surface area contributed by atoms with Crippen LogP contribution in [0.4, 0.5) is 0 Å². The average Bonchev–Trinajstić information content (AvgIpc) is 2.99. The molecule has 1 spiro atoms. The zero-order valence-corrected chi connectivity index (χ0v) is 12.1. The lowest BCUT2D eigenvalue weighted by Crippen LogP contribution is -2.42. The van der Waals surface area contributed by atoms with E-state index in [4.69, 9.17) is 9.47 Å². The number of aliphatic hydroxyl groups is 1. The average molecular weight is 292 g/mol. The van der Waals surface area contributed by atoms with E-state index >= 15 is 0 Å². The van der Waals surface area contributed by atoms with Gasteiger partial charge in [0.05, 0.1) is 24.5 Å². The molecule has 2 aliphatic rings. The number of rotatable bonds is 2. The molecule has 2 heterocycles. The van der Waals surface area contributed by atoms with Gasteiger partial charge in [0.2, 0.25) is 0 Å². The third-order valence-electron chi connectivity index (χ3n) is 4.38. The first kappa shape index (κ1) is 14.4. The molecule has 21 heavy (non-hydrogen) atoms. The largest absolute Gasteiger partial charge is 0.384 e. The third-order valence-corrected chi connectivity index (χ3v) is 4.38. The van der Waals surface area contributed by atoms with Gasteiger partial charge in [0.15, 0.2) is 5.79 Å². The van der Waals surface area contributed by atoms with Crippen molar-refractivity contribution >= 4 is 5.91 Å². The molecule has 2 fully saturated rings. The first-order valence-corrected chi connectivity index (χ1v) is 7.26. The van der Waals surface area contributed by atoms with E-state index in [2.05, 4.69) is 10.3 Å². The molecule has 0 unspecified atom stereocenters. The molecule has 1 aromatic rings. The van der Waals surface area contributed by atoms with E-state index in [1.165, 1.54) is 6.20 Å². The fourth-order valence-electron chi connectivity index (χ4n) is 3.03. The van der Waals surface area contributed by atoms with E-state index in [1.807, 2.05) is 0 Å². The fraction of sp³-hybridized carbons (Fsp3) is 0.600. The summed E-state index contributed by atoms with van der Waals surface area (Å²) < 4.78 is 11.3. The molecule has 1 aromatic heterocycles. The van der Waals surface area contributed by atoms with Crippen molar-refractivity contribution in [2.24, 2.45) is 0 Å². The maximum atomic E-state index is 11.5. The maximum Gasteiger partial charge on any atom is 0.252 e. The number of ether oxygens (including phenoxy) is 2. The molecule has 0 bridgehead atoms. The van der Waals surface area contributed by atoms with Crippen molar-refractivity contribution in [3.63, 3.8) is 0 Å². The van der Waals surface area contributed by atoms with E-state index in [-0.39, 0.29) is 5.91 Å². The van der Waals surface area contributed by atoms with Crippen molar-refractivity contribution in [1.82, 2.24) is 10.3 Å². The van der Waals surface area contributed by atoms with Crippen LogP contribution in [0, 0.1) is 0 Å². The molecule has 1 saturated carbocycles. The van der Waals surface area contributed by atoms with Gasteiger partial charge in [-0.15, -0.1) is 0 Å². The molecular weight excluding hydrogens is 272 g/mol. The van der Waals surface area contributed by atoms with Crippen LogP contribution in [-0.2, 0) is 15.1 Å².